The van der Waals surface area contributed by atoms with Crippen molar-refractivity contribution in [3.63, 3.8) is 0 Å². The van der Waals surface area contributed by atoms with E-state index in [-0.39, 0.29) is 0 Å². The second-order valence-corrected chi connectivity index (χ2v) is 20.1. The maximum Gasteiger partial charge on any atom is 0.497 e. The molecular weight excluding hydrogens is 256 g/mol. The molecule has 6 heteroatoms. The van der Waals surface area contributed by atoms with E-state index in [9.17, 15) is 8.22 Å². The topological polar surface area (TPSA) is 3.24 Å². The summed E-state index contributed by atoms with van der Waals surface area (Å²) in [6, 6.07) is 0. The quantitative estimate of drug-likeness (QED) is 0.525. The zero-order valence-electron chi connectivity index (χ0n) is 12.0. The molecule has 1 nitrogen and oxygen atoms in total. The second-order valence-electron chi connectivity index (χ2n) is 6.57. The van der Waals surface area contributed by atoms with Crippen LogP contribution in [0, 0.1) is 0 Å². The van der Waals surface area contributed by atoms with Crippen molar-refractivity contribution in [2.75, 3.05) is 0 Å². The lowest BCUT2D eigenvalue weighted by atomic mass is 10.4. The van der Waals surface area contributed by atoms with Gasteiger partial charge in [0, 0.05) is 5.54 Å². The van der Waals surface area contributed by atoms with Gasteiger partial charge in [-0.25, -0.2) is 0 Å². The van der Waals surface area contributed by atoms with Gasteiger partial charge < -0.3 is 3.90 Å². The number of nitrogens with zero attached hydrogens (tertiary/aromatic N) is 1. The molecule has 16 heavy (non-hydrogen) atoms. The Morgan fingerprint density at radius 1 is 0.938 bits per heavy atom. The summed E-state index contributed by atoms with van der Waals surface area (Å²) in [6.07, 6.45) is 0.588. The van der Waals surface area contributed by atoms with Crippen molar-refractivity contribution in [2.45, 2.75) is 65.1 Å². The van der Waals surface area contributed by atoms with Gasteiger partial charge in [-0.2, -0.15) is 0 Å². The normalized spacial score (nSPS) is 16.7. The lowest BCUT2D eigenvalue weighted by molar-refractivity contribution is 0.479. The number of hydrogen-bond acceptors (Lipinski definition) is 1. The van der Waals surface area contributed by atoms with Crippen molar-refractivity contribution in [2.24, 2.45) is 0 Å². The molecule has 0 aromatic heterocycles. The molecule has 0 aromatic rings. The summed E-state index contributed by atoms with van der Waals surface area (Å²) in [6.45, 7) is 15.9. The third kappa shape index (κ3) is 3.75. The largest absolute Gasteiger partial charge is 0.497 e. The highest BCUT2D eigenvalue weighted by Gasteiger charge is 2.56. The molecule has 0 amide bonds. The molecule has 0 aliphatic carbocycles. The Morgan fingerprint density at radius 2 is 1.25 bits per heavy atom. The highest BCUT2D eigenvalue weighted by molar-refractivity contribution is 7.01. The molecule has 0 N–H and O–H groups in total. The van der Waals surface area contributed by atoms with Crippen LogP contribution < -0.4 is 0 Å². The maximum absolute atomic E-state index is 14.6. The van der Waals surface area contributed by atoms with Crippen LogP contribution in [-0.2, 0) is 0 Å². The average molecular weight is 284 g/mol. The van der Waals surface area contributed by atoms with E-state index in [0.717, 1.165) is 0 Å². The molecule has 0 rings (SSSR count). The lowest BCUT2D eigenvalue weighted by Gasteiger charge is -2.48. The van der Waals surface area contributed by atoms with Gasteiger partial charge in [-0.1, -0.05) is 53.1 Å². The Bertz CT molecular complexity index is 219. The second kappa shape index (κ2) is 4.99. The minimum Gasteiger partial charge on any atom is -0.317 e. The maximum atomic E-state index is 14.6. The van der Waals surface area contributed by atoms with Crippen molar-refractivity contribution in [1.82, 2.24) is 3.90 Å². The highest BCUT2D eigenvalue weighted by Crippen LogP contribution is 2.37. The van der Waals surface area contributed by atoms with Crippen molar-refractivity contribution >= 4 is 25.4 Å². The third-order valence-electron chi connectivity index (χ3n) is 2.85. The summed E-state index contributed by atoms with van der Waals surface area (Å²) in [4.78, 5) is 0. The zero-order valence-corrected chi connectivity index (χ0v) is 15.0. The average Bonchev–Trinajstić information content (AvgIpc) is 1.95. The molecule has 0 radical (unpaired) electrons. The number of rotatable bonds is 5. The first kappa shape index (κ1) is 16.5. The van der Waals surface area contributed by atoms with Crippen LogP contribution in [0.2, 0.25) is 44.8 Å². The molecule has 1 unspecified atom stereocenters. The molecule has 98 valence electrons. The van der Waals surface area contributed by atoms with E-state index in [4.69, 9.17) is 0 Å². The fourth-order valence-corrected chi connectivity index (χ4v) is 19.8. The van der Waals surface area contributed by atoms with Crippen LogP contribution in [0.4, 0.5) is 8.22 Å². The van der Waals surface area contributed by atoms with Crippen molar-refractivity contribution < 1.29 is 8.22 Å². The van der Waals surface area contributed by atoms with Gasteiger partial charge in [-0.3, -0.25) is 8.22 Å². The van der Waals surface area contributed by atoms with Gasteiger partial charge in [0.05, 0.1) is 0 Å². The molecule has 0 bridgehead atoms. The van der Waals surface area contributed by atoms with E-state index < -0.39 is 30.9 Å². The lowest BCUT2D eigenvalue weighted by Crippen LogP contribution is -2.70. The standard InChI is InChI=1S/C10H27F2NSi3/c1-9-10(2)16(11,12)13(14(3,4)5)15(6,7)8/h10H,9H2,1-8H3. The van der Waals surface area contributed by atoms with Crippen LogP contribution >= 0.6 is 0 Å². The summed E-state index contributed by atoms with van der Waals surface area (Å²) in [5.41, 5.74) is -0.425. The van der Waals surface area contributed by atoms with E-state index in [2.05, 4.69) is 39.3 Å². The van der Waals surface area contributed by atoms with Crippen LogP contribution in [0.15, 0.2) is 0 Å². The van der Waals surface area contributed by atoms with E-state index in [1.807, 2.05) is 6.92 Å². The van der Waals surface area contributed by atoms with E-state index >= 15 is 0 Å². The Kier molecular flexibility index (Phi) is 5.14. The Hall–Kier alpha value is 0.471. The van der Waals surface area contributed by atoms with E-state index in [0.29, 0.717) is 6.42 Å². The molecule has 0 fully saturated rings. The summed E-state index contributed by atoms with van der Waals surface area (Å²) in [5, 5.41) is 0. The SMILES string of the molecule is CCC(C)[Si](F)(F)N([Si](C)(C)C)[Si](C)(C)C. The van der Waals surface area contributed by atoms with Crippen LogP contribution in [0.5, 0.6) is 0 Å². The molecule has 0 saturated carbocycles. The summed E-state index contributed by atoms with van der Waals surface area (Å²) in [7, 11) is -8.11. The van der Waals surface area contributed by atoms with Crippen LogP contribution in [-0.4, -0.2) is 29.3 Å². The molecule has 0 aromatic carbocycles. The summed E-state index contributed by atoms with van der Waals surface area (Å²) >= 11 is 0. The Morgan fingerprint density at radius 3 is 1.44 bits per heavy atom. The predicted molar refractivity (Wildman–Crippen MR) is 76.2 cm³/mol. The third-order valence-corrected chi connectivity index (χ3v) is 17.6. The van der Waals surface area contributed by atoms with Gasteiger partial charge in [0.15, 0.2) is 0 Å². The van der Waals surface area contributed by atoms with Gasteiger partial charge in [-0.05, 0) is 6.42 Å². The van der Waals surface area contributed by atoms with Crippen molar-refractivity contribution in [1.29, 1.82) is 0 Å². The monoisotopic (exact) mass is 283 g/mol. The van der Waals surface area contributed by atoms with E-state index in [1.165, 1.54) is 0 Å². The first-order valence-electron chi connectivity index (χ1n) is 6.03. The van der Waals surface area contributed by atoms with Gasteiger partial charge >= 0.3 is 8.90 Å². The molecule has 0 aliphatic heterocycles. The molecule has 0 spiro atoms. The fourth-order valence-electron chi connectivity index (χ4n) is 2.37. The number of halogens is 2. The molecule has 0 saturated heterocycles. The van der Waals surface area contributed by atoms with Crippen LogP contribution in [0.25, 0.3) is 0 Å². The highest BCUT2D eigenvalue weighted by atomic mass is 28.5. The van der Waals surface area contributed by atoms with Crippen LogP contribution in [0.1, 0.15) is 20.3 Å². The predicted octanol–water partition coefficient (Wildman–Crippen LogP) is 4.64. The Labute approximate surface area is 103 Å². The minimum atomic E-state index is -4.25. The number of hydrogen-bond donors (Lipinski definition) is 0. The summed E-state index contributed by atoms with van der Waals surface area (Å²) < 4.78 is 31.0. The molecule has 0 aliphatic rings. The Balaban J connectivity index is 5.37. The first-order valence-corrected chi connectivity index (χ1v) is 14.7. The zero-order chi connectivity index (χ0) is 13.4. The molecule has 1 atom stereocenters. The van der Waals surface area contributed by atoms with Crippen LogP contribution in [0.3, 0.4) is 0 Å². The fraction of sp³-hybridized carbons (Fsp3) is 1.00. The van der Waals surface area contributed by atoms with Gasteiger partial charge in [-0.15, -0.1) is 0 Å². The minimum absolute atomic E-state index is 0.425. The summed E-state index contributed by atoms with van der Waals surface area (Å²) in [5.74, 6) is 0. The first-order chi connectivity index (χ1) is 6.85. The van der Waals surface area contributed by atoms with Crippen molar-refractivity contribution in [3.05, 3.63) is 0 Å². The van der Waals surface area contributed by atoms with Gasteiger partial charge in [0.1, 0.15) is 16.5 Å². The van der Waals surface area contributed by atoms with E-state index in [1.54, 1.807) is 10.8 Å². The van der Waals surface area contributed by atoms with Gasteiger partial charge in [0.2, 0.25) is 0 Å². The van der Waals surface area contributed by atoms with Gasteiger partial charge in [0.25, 0.3) is 0 Å². The smallest absolute Gasteiger partial charge is 0.317 e. The van der Waals surface area contributed by atoms with Crippen molar-refractivity contribution in [3.8, 4) is 0 Å². The molecular formula is C10H27F2NSi3. The molecule has 0 heterocycles.